The molecule has 1 heterocycles. The Morgan fingerprint density at radius 3 is 2.62 bits per heavy atom. The first-order valence-electron chi connectivity index (χ1n) is 5.63. The molecule has 5 nitrogen and oxygen atoms in total. The Bertz CT molecular complexity index is 358. The molecular weight excluding hydrogens is 206 g/mol. The van der Waals surface area contributed by atoms with Crippen LogP contribution in [0.5, 0.6) is 0 Å². The van der Waals surface area contributed by atoms with Gasteiger partial charge in [-0.15, -0.1) is 0 Å². The van der Waals surface area contributed by atoms with Crippen molar-refractivity contribution in [2.24, 2.45) is 0 Å². The van der Waals surface area contributed by atoms with Crippen LogP contribution in [0.4, 0.5) is 11.5 Å². The van der Waals surface area contributed by atoms with E-state index in [2.05, 4.69) is 10.3 Å². The molecule has 0 unspecified atom stereocenters. The molecule has 5 heteroatoms. The van der Waals surface area contributed by atoms with Gasteiger partial charge in [-0.3, -0.25) is 10.1 Å². The first-order chi connectivity index (χ1) is 7.75. The Hall–Kier alpha value is -1.65. The van der Waals surface area contributed by atoms with Gasteiger partial charge in [-0.2, -0.15) is 0 Å². The predicted octanol–water partition coefficient (Wildman–Crippen LogP) is 2.73. The number of rotatable bonds is 3. The summed E-state index contributed by atoms with van der Waals surface area (Å²) < 4.78 is 0. The lowest BCUT2D eigenvalue weighted by molar-refractivity contribution is -0.385. The molecule has 2 rings (SSSR count). The summed E-state index contributed by atoms with van der Waals surface area (Å²) in [6.45, 7) is 0. The second kappa shape index (κ2) is 4.92. The SMILES string of the molecule is O=[N+]([O-])c1ccc(NC2CCCCC2)nc1. The number of nitro groups is 1. The van der Waals surface area contributed by atoms with Crippen molar-refractivity contribution in [3.8, 4) is 0 Å². The highest BCUT2D eigenvalue weighted by Gasteiger charge is 2.13. The third-order valence-corrected chi connectivity index (χ3v) is 2.92. The fourth-order valence-corrected chi connectivity index (χ4v) is 2.04. The number of nitrogens with zero attached hydrogens (tertiary/aromatic N) is 2. The Morgan fingerprint density at radius 1 is 1.31 bits per heavy atom. The maximum absolute atomic E-state index is 10.4. The lowest BCUT2D eigenvalue weighted by Crippen LogP contribution is -2.22. The highest BCUT2D eigenvalue weighted by atomic mass is 16.6. The van der Waals surface area contributed by atoms with E-state index < -0.39 is 4.92 Å². The normalized spacial score (nSPS) is 17.0. The molecule has 0 radical (unpaired) electrons. The van der Waals surface area contributed by atoms with E-state index in [1.807, 2.05) is 0 Å². The molecule has 1 aliphatic rings. The molecule has 0 saturated heterocycles. The molecule has 1 N–H and O–H groups in total. The van der Waals surface area contributed by atoms with Gasteiger partial charge in [0, 0.05) is 12.1 Å². The van der Waals surface area contributed by atoms with E-state index >= 15 is 0 Å². The van der Waals surface area contributed by atoms with Gasteiger partial charge in [0.05, 0.1) is 4.92 Å². The van der Waals surface area contributed by atoms with Crippen molar-refractivity contribution < 1.29 is 4.92 Å². The van der Waals surface area contributed by atoms with Crippen molar-refractivity contribution in [1.82, 2.24) is 4.98 Å². The highest BCUT2D eigenvalue weighted by Crippen LogP contribution is 2.21. The average molecular weight is 221 g/mol. The summed E-state index contributed by atoms with van der Waals surface area (Å²) in [6, 6.07) is 3.63. The van der Waals surface area contributed by atoms with E-state index in [1.54, 1.807) is 6.07 Å². The van der Waals surface area contributed by atoms with Gasteiger partial charge in [0.25, 0.3) is 5.69 Å². The van der Waals surface area contributed by atoms with Crippen LogP contribution < -0.4 is 5.32 Å². The Labute approximate surface area is 94.0 Å². The highest BCUT2D eigenvalue weighted by molar-refractivity contribution is 5.40. The Morgan fingerprint density at radius 2 is 2.06 bits per heavy atom. The molecule has 0 atom stereocenters. The van der Waals surface area contributed by atoms with Crippen molar-refractivity contribution in [1.29, 1.82) is 0 Å². The predicted molar refractivity (Wildman–Crippen MR) is 61.4 cm³/mol. The van der Waals surface area contributed by atoms with Crippen molar-refractivity contribution in [2.45, 2.75) is 38.1 Å². The van der Waals surface area contributed by atoms with Crippen molar-refractivity contribution >= 4 is 11.5 Å². The Balaban J connectivity index is 1.96. The van der Waals surface area contributed by atoms with Gasteiger partial charge < -0.3 is 5.32 Å². The van der Waals surface area contributed by atoms with Crippen LogP contribution in [0.1, 0.15) is 32.1 Å². The summed E-state index contributed by atoms with van der Waals surface area (Å²) in [5, 5.41) is 13.8. The van der Waals surface area contributed by atoms with Crippen molar-refractivity contribution in [3.05, 3.63) is 28.4 Å². The van der Waals surface area contributed by atoms with Gasteiger partial charge in [-0.25, -0.2) is 4.98 Å². The third kappa shape index (κ3) is 2.68. The van der Waals surface area contributed by atoms with Crippen molar-refractivity contribution in [3.63, 3.8) is 0 Å². The van der Waals surface area contributed by atoms with Crippen LogP contribution in [0, 0.1) is 10.1 Å². The van der Waals surface area contributed by atoms with Crippen LogP contribution in [-0.2, 0) is 0 Å². The van der Waals surface area contributed by atoms with Gasteiger partial charge in [0.1, 0.15) is 12.0 Å². The molecule has 86 valence electrons. The molecule has 1 saturated carbocycles. The van der Waals surface area contributed by atoms with Gasteiger partial charge in [-0.1, -0.05) is 19.3 Å². The number of hydrogen-bond acceptors (Lipinski definition) is 4. The summed E-state index contributed by atoms with van der Waals surface area (Å²) >= 11 is 0. The fraction of sp³-hybridized carbons (Fsp3) is 0.545. The van der Waals surface area contributed by atoms with Gasteiger partial charge in [0.15, 0.2) is 0 Å². The van der Waals surface area contributed by atoms with Crippen LogP contribution in [-0.4, -0.2) is 15.9 Å². The van der Waals surface area contributed by atoms with Crippen LogP contribution in [0.15, 0.2) is 18.3 Å². The number of anilines is 1. The number of nitrogens with one attached hydrogen (secondary N) is 1. The first-order valence-corrected chi connectivity index (χ1v) is 5.63. The number of hydrogen-bond donors (Lipinski definition) is 1. The molecule has 0 bridgehead atoms. The van der Waals surface area contributed by atoms with Gasteiger partial charge in [0.2, 0.25) is 0 Å². The smallest absolute Gasteiger partial charge is 0.287 e. The molecule has 1 aliphatic carbocycles. The average Bonchev–Trinajstić information content (AvgIpc) is 2.31. The van der Waals surface area contributed by atoms with E-state index in [1.165, 1.54) is 44.4 Å². The van der Waals surface area contributed by atoms with Crippen molar-refractivity contribution in [2.75, 3.05) is 5.32 Å². The molecule has 1 aromatic rings. The summed E-state index contributed by atoms with van der Waals surface area (Å²) in [5.74, 6) is 0.734. The molecule has 0 spiro atoms. The van der Waals surface area contributed by atoms with E-state index in [-0.39, 0.29) is 5.69 Å². The fourth-order valence-electron chi connectivity index (χ4n) is 2.04. The molecule has 1 aromatic heterocycles. The summed E-state index contributed by atoms with van der Waals surface area (Å²) in [4.78, 5) is 14.1. The minimum absolute atomic E-state index is 0.0363. The van der Waals surface area contributed by atoms with Crippen LogP contribution in [0.3, 0.4) is 0 Å². The summed E-state index contributed by atoms with van der Waals surface area (Å²) in [6.07, 6.45) is 7.45. The lowest BCUT2D eigenvalue weighted by Gasteiger charge is -2.23. The zero-order chi connectivity index (χ0) is 11.4. The largest absolute Gasteiger partial charge is 0.367 e. The van der Waals surface area contributed by atoms with E-state index in [0.29, 0.717) is 6.04 Å². The van der Waals surface area contributed by atoms with Crippen LogP contribution in [0.25, 0.3) is 0 Å². The second-order valence-electron chi connectivity index (χ2n) is 4.14. The van der Waals surface area contributed by atoms with Gasteiger partial charge >= 0.3 is 0 Å². The monoisotopic (exact) mass is 221 g/mol. The second-order valence-corrected chi connectivity index (χ2v) is 4.14. The topological polar surface area (TPSA) is 68.1 Å². The molecule has 1 fully saturated rings. The molecule has 16 heavy (non-hydrogen) atoms. The van der Waals surface area contributed by atoms with Gasteiger partial charge in [-0.05, 0) is 18.9 Å². The number of pyridine rings is 1. The van der Waals surface area contributed by atoms with Crippen LogP contribution >= 0.6 is 0 Å². The van der Waals surface area contributed by atoms with Crippen LogP contribution in [0.2, 0.25) is 0 Å². The van der Waals surface area contributed by atoms with E-state index in [4.69, 9.17) is 0 Å². The first kappa shape index (κ1) is 10.9. The zero-order valence-electron chi connectivity index (χ0n) is 9.06. The standard InChI is InChI=1S/C11H15N3O2/c15-14(16)10-6-7-11(12-8-10)13-9-4-2-1-3-5-9/h6-9H,1-5H2,(H,12,13). The summed E-state index contributed by atoms with van der Waals surface area (Å²) in [7, 11) is 0. The summed E-state index contributed by atoms with van der Waals surface area (Å²) in [5.41, 5.74) is 0.0363. The Kier molecular flexibility index (Phi) is 3.34. The lowest BCUT2D eigenvalue weighted by atomic mass is 9.95. The molecule has 0 amide bonds. The maximum atomic E-state index is 10.4. The third-order valence-electron chi connectivity index (χ3n) is 2.92. The molecule has 0 aromatic carbocycles. The van der Waals surface area contributed by atoms with E-state index in [0.717, 1.165) is 5.82 Å². The molecular formula is C11H15N3O2. The maximum Gasteiger partial charge on any atom is 0.287 e. The molecule has 0 aliphatic heterocycles. The minimum Gasteiger partial charge on any atom is -0.367 e. The number of aromatic nitrogens is 1. The van der Waals surface area contributed by atoms with E-state index in [9.17, 15) is 10.1 Å². The quantitative estimate of drug-likeness (QED) is 0.629. The zero-order valence-corrected chi connectivity index (χ0v) is 9.06. The minimum atomic E-state index is -0.433.